The second kappa shape index (κ2) is 12.2. The summed E-state index contributed by atoms with van der Waals surface area (Å²) in [5, 5.41) is 15.2. The normalized spacial score (nSPS) is 11.4. The summed E-state index contributed by atoms with van der Waals surface area (Å²) in [4.78, 5) is 10.2. The monoisotopic (exact) mass is 680 g/mol. The summed E-state index contributed by atoms with van der Waals surface area (Å²) in [7, 11) is 0. The molecule has 7 aromatic carbocycles. The Morgan fingerprint density at radius 3 is 1.83 bits per heavy atom. The standard InChI is InChI=1S/C47H28N4S/c48-29-34-16-11-19-35(32-23-25-45-39(26-32)37-18-8-10-21-44(37)52-45)46(34)51-42-20-9-7-17-36(42)38-27-33(22-24-43(38)51)47-49-40(30-12-3-1-4-13-30)28-41(50-47)31-14-5-2-6-15-31/h1-28H. The number of nitrogens with zero attached hydrogens (tertiary/aromatic N) is 4. The first-order valence-corrected chi connectivity index (χ1v) is 18.0. The molecule has 0 bridgehead atoms. The minimum atomic E-state index is 0.617. The lowest BCUT2D eigenvalue weighted by Crippen LogP contribution is -2.01. The Morgan fingerprint density at radius 1 is 0.462 bits per heavy atom. The molecular weight excluding hydrogens is 653 g/mol. The topological polar surface area (TPSA) is 54.5 Å². The summed E-state index contributed by atoms with van der Waals surface area (Å²) in [6, 6.07) is 61.3. The number of hydrogen-bond donors (Lipinski definition) is 0. The molecule has 0 unspecified atom stereocenters. The van der Waals surface area contributed by atoms with Gasteiger partial charge in [0.1, 0.15) is 6.07 Å². The molecule has 0 saturated heterocycles. The Labute approximate surface area is 304 Å². The third-order valence-electron chi connectivity index (χ3n) is 9.86. The number of para-hydroxylation sites is 2. The van der Waals surface area contributed by atoms with Crippen LogP contribution in [0.5, 0.6) is 0 Å². The van der Waals surface area contributed by atoms with Gasteiger partial charge in [-0.3, -0.25) is 0 Å². The zero-order valence-corrected chi connectivity index (χ0v) is 28.7. The number of thiophene rings is 1. The fraction of sp³-hybridized carbons (Fsp3) is 0. The van der Waals surface area contributed by atoms with Crippen LogP contribution in [0.25, 0.3) is 92.7 Å². The number of hydrogen-bond acceptors (Lipinski definition) is 4. The first-order chi connectivity index (χ1) is 25.7. The predicted molar refractivity (Wildman–Crippen MR) is 216 cm³/mol. The van der Waals surface area contributed by atoms with E-state index in [-0.39, 0.29) is 0 Å². The molecule has 0 fully saturated rings. The van der Waals surface area contributed by atoms with Crippen LogP contribution in [0.4, 0.5) is 0 Å². The molecule has 0 amide bonds. The van der Waals surface area contributed by atoms with Crippen LogP contribution in [0.1, 0.15) is 5.56 Å². The third-order valence-corrected chi connectivity index (χ3v) is 11.0. The molecule has 5 heteroatoms. The summed E-state index contributed by atoms with van der Waals surface area (Å²) in [6.45, 7) is 0. The van der Waals surface area contributed by atoms with Crippen LogP contribution < -0.4 is 0 Å². The van der Waals surface area contributed by atoms with Crippen molar-refractivity contribution in [3.8, 4) is 56.8 Å². The number of fused-ring (bicyclic) bond motifs is 6. The van der Waals surface area contributed by atoms with Gasteiger partial charge in [0.25, 0.3) is 0 Å². The fourth-order valence-corrected chi connectivity index (χ4v) is 8.53. The second-order valence-corrected chi connectivity index (χ2v) is 14.0. The minimum absolute atomic E-state index is 0.617. The van der Waals surface area contributed by atoms with E-state index in [2.05, 4.69) is 132 Å². The lowest BCUT2D eigenvalue weighted by molar-refractivity contribution is 1.17. The molecular formula is C47H28N4S. The molecule has 3 heterocycles. The summed E-state index contributed by atoms with van der Waals surface area (Å²) >= 11 is 1.81. The van der Waals surface area contributed by atoms with E-state index >= 15 is 0 Å². The maximum absolute atomic E-state index is 10.6. The average molecular weight is 681 g/mol. The van der Waals surface area contributed by atoms with Crippen molar-refractivity contribution in [3.05, 3.63) is 175 Å². The van der Waals surface area contributed by atoms with Gasteiger partial charge in [-0.25, -0.2) is 9.97 Å². The van der Waals surface area contributed by atoms with Crippen LogP contribution in [0.15, 0.2) is 170 Å². The van der Waals surface area contributed by atoms with Gasteiger partial charge >= 0.3 is 0 Å². The largest absolute Gasteiger partial charge is 0.307 e. The van der Waals surface area contributed by atoms with E-state index in [0.717, 1.165) is 66.7 Å². The smallest absolute Gasteiger partial charge is 0.160 e. The molecule has 52 heavy (non-hydrogen) atoms. The van der Waals surface area contributed by atoms with Crippen LogP contribution in [0, 0.1) is 11.3 Å². The van der Waals surface area contributed by atoms with Gasteiger partial charge in [0.2, 0.25) is 0 Å². The third kappa shape index (κ3) is 4.89. The zero-order chi connectivity index (χ0) is 34.6. The Morgan fingerprint density at radius 2 is 1.08 bits per heavy atom. The Hall–Kier alpha value is -6.87. The zero-order valence-electron chi connectivity index (χ0n) is 27.9. The van der Waals surface area contributed by atoms with E-state index in [9.17, 15) is 5.26 Å². The van der Waals surface area contributed by atoms with E-state index < -0.39 is 0 Å². The Bertz CT molecular complexity index is 2970. The van der Waals surface area contributed by atoms with Gasteiger partial charge in [0.05, 0.1) is 33.7 Å². The van der Waals surface area contributed by atoms with E-state index in [1.807, 2.05) is 59.9 Å². The van der Waals surface area contributed by atoms with Crippen molar-refractivity contribution >= 4 is 53.3 Å². The Kier molecular flexibility index (Phi) is 7.02. The van der Waals surface area contributed by atoms with E-state index in [0.29, 0.717) is 11.4 Å². The van der Waals surface area contributed by atoms with Gasteiger partial charge in [0.15, 0.2) is 5.82 Å². The summed E-state index contributed by atoms with van der Waals surface area (Å²) < 4.78 is 4.78. The Balaban J connectivity index is 1.20. The molecule has 242 valence electrons. The molecule has 10 aromatic rings. The summed E-state index contributed by atoms with van der Waals surface area (Å²) in [6.07, 6.45) is 0. The summed E-state index contributed by atoms with van der Waals surface area (Å²) in [5.41, 5.74) is 10.4. The van der Waals surface area contributed by atoms with Gasteiger partial charge in [0, 0.05) is 53.2 Å². The molecule has 0 N–H and O–H groups in total. The van der Waals surface area contributed by atoms with Crippen LogP contribution in [-0.4, -0.2) is 14.5 Å². The number of nitriles is 1. The lowest BCUT2D eigenvalue weighted by atomic mass is 9.98. The number of aromatic nitrogens is 3. The van der Waals surface area contributed by atoms with Gasteiger partial charge < -0.3 is 4.57 Å². The number of rotatable bonds is 5. The lowest BCUT2D eigenvalue weighted by Gasteiger charge is -2.16. The first kappa shape index (κ1) is 30.0. The van der Waals surface area contributed by atoms with Crippen LogP contribution in [0.3, 0.4) is 0 Å². The first-order valence-electron chi connectivity index (χ1n) is 17.2. The van der Waals surface area contributed by atoms with Gasteiger partial charge in [-0.1, -0.05) is 115 Å². The maximum Gasteiger partial charge on any atom is 0.160 e. The van der Waals surface area contributed by atoms with Crippen molar-refractivity contribution < 1.29 is 0 Å². The van der Waals surface area contributed by atoms with Crippen molar-refractivity contribution in [2.45, 2.75) is 0 Å². The highest BCUT2D eigenvalue weighted by Gasteiger charge is 2.21. The fourth-order valence-electron chi connectivity index (χ4n) is 7.44. The van der Waals surface area contributed by atoms with E-state index in [1.165, 1.54) is 20.2 Å². The number of benzene rings is 7. The molecule has 10 rings (SSSR count). The quantitative estimate of drug-likeness (QED) is 0.182. The van der Waals surface area contributed by atoms with Crippen molar-refractivity contribution in [3.63, 3.8) is 0 Å². The molecule has 0 radical (unpaired) electrons. The highest BCUT2D eigenvalue weighted by atomic mass is 32.1. The molecule has 0 aliphatic carbocycles. The minimum Gasteiger partial charge on any atom is -0.307 e. The highest BCUT2D eigenvalue weighted by Crippen LogP contribution is 2.42. The van der Waals surface area contributed by atoms with E-state index in [4.69, 9.17) is 9.97 Å². The van der Waals surface area contributed by atoms with Gasteiger partial charge in [-0.15, -0.1) is 11.3 Å². The molecule has 3 aromatic heterocycles. The molecule has 0 saturated carbocycles. The van der Waals surface area contributed by atoms with Crippen molar-refractivity contribution in [2.75, 3.05) is 0 Å². The maximum atomic E-state index is 10.6. The molecule has 4 nitrogen and oxygen atoms in total. The molecule has 0 aliphatic heterocycles. The molecule has 0 aliphatic rings. The van der Waals surface area contributed by atoms with Gasteiger partial charge in [-0.2, -0.15) is 5.26 Å². The van der Waals surface area contributed by atoms with Crippen molar-refractivity contribution in [1.82, 2.24) is 14.5 Å². The van der Waals surface area contributed by atoms with Crippen LogP contribution in [0.2, 0.25) is 0 Å². The van der Waals surface area contributed by atoms with Crippen LogP contribution in [-0.2, 0) is 0 Å². The van der Waals surface area contributed by atoms with Crippen molar-refractivity contribution in [2.24, 2.45) is 0 Å². The van der Waals surface area contributed by atoms with E-state index in [1.54, 1.807) is 0 Å². The SMILES string of the molecule is N#Cc1cccc(-c2ccc3sc4ccccc4c3c2)c1-n1c2ccccc2c2cc(-c3nc(-c4ccccc4)cc(-c4ccccc4)n3)ccc21. The second-order valence-electron chi connectivity index (χ2n) is 12.9. The van der Waals surface area contributed by atoms with Crippen LogP contribution >= 0.6 is 11.3 Å². The summed E-state index contributed by atoms with van der Waals surface area (Å²) in [5.74, 6) is 0.661. The molecule has 0 atom stereocenters. The van der Waals surface area contributed by atoms with Crippen molar-refractivity contribution in [1.29, 1.82) is 5.26 Å². The van der Waals surface area contributed by atoms with Gasteiger partial charge in [-0.05, 0) is 60.2 Å². The molecule has 0 spiro atoms. The highest BCUT2D eigenvalue weighted by molar-refractivity contribution is 7.25. The average Bonchev–Trinajstić information content (AvgIpc) is 3.76. The predicted octanol–water partition coefficient (Wildman–Crippen LogP) is 12.5.